The highest BCUT2D eigenvalue weighted by molar-refractivity contribution is 6.07. The van der Waals surface area contributed by atoms with Crippen molar-refractivity contribution in [1.29, 1.82) is 0 Å². The van der Waals surface area contributed by atoms with Gasteiger partial charge in [-0.3, -0.25) is 9.59 Å². The maximum Gasteiger partial charge on any atom is 0.270 e. The highest BCUT2D eigenvalue weighted by Crippen LogP contribution is 2.32. The molecule has 0 bridgehead atoms. The molecule has 0 unspecified atom stereocenters. The minimum Gasteiger partial charge on any atom is -0.273 e. The van der Waals surface area contributed by atoms with Crippen LogP contribution in [0.1, 0.15) is 38.3 Å². The Hall–Kier alpha value is -2.72. The van der Waals surface area contributed by atoms with Gasteiger partial charge in [-0.1, -0.05) is 60.7 Å². The monoisotopic (exact) mass is 348 g/mol. The molecule has 0 radical (unpaired) electrons. The molecule has 1 fully saturated rings. The third kappa shape index (κ3) is 3.75. The van der Waals surface area contributed by atoms with E-state index in [2.05, 4.69) is 0 Å². The van der Waals surface area contributed by atoms with Crippen LogP contribution in [0.3, 0.4) is 0 Å². The van der Waals surface area contributed by atoms with Crippen LogP contribution in [0.15, 0.2) is 66.2 Å². The van der Waals surface area contributed by atoms with Gasteiger partial charge >= 0.3 is 0 Å². The Bertz CT molecular complexity index is 826. The van der Waals surface area contributed by atoms with Gasteiger partial charge in [-0.25, -0.2) is 10.0 Å². The van der Waals surface area contributed by atoms with Crippen molar-refractivity contribution in [2.24, 2.45) is 0 Å². The van der Waals surface area contributed by atoms with Crippen molar-refractivity contribution in [2.45, 2.75) is 39.3 Å². The minimum absolute atomic E-state index is 0.156. The molecule has 2 aromatic rings. The highest BCUT2D eigenvalue weighted by Gasteiger charge is 2.46. The minimum atomic E-state index is -0.407. The largest absolute Gasteiger partial charge is 0.273 e. The molecule has 134 valence electrons. The Morgan fingerprint density at radius 3 is 2.23 bits per heavy atom. The topological polar surface area (TPSA) is 40.6 Å². The van der Waals surface area contributed by atoms with Crippen molar-refractivity contribution in [2.75, 3.05) is 0 Å². The molecule has 1 aliphatic rings. The number of carbonyl (C=O) groups excluding carboxylic acids is 2. The van der Waals surface area contributed by atoms with Gasteiger partial charge in [0.25, 0.3) is 5.91 Å². The summed E-state index contributed by atoms with van der Waals surface area (Å²) in [6, 6.07) is 19.6. The first kappa shape index (κ1) is 18.1. The van der Waals surface area contributed by atoms with Crippen LogP contribution < -0.4 is 0 Å². The third-order valence-corrected chi connectivity index (χ3v) is 4.65. The number of carbonyl (C=O) groups is 2. The third-order valence-electron chi connectivity index (χ3n) is 4.65. The fraction of sp³-hybridized carbons (Fsp3) is 0.273. The lowest BCUT2D eigenvalue weighted by molar-refractivity contribution is -0.157. The molecule has 4 nitrogen and oxygen atoms in total. The quantitative estimate of drug-likeness (QED) is 0.783. The smallest absolute Gasteiger partial charge is 0.270 e. The van der Waals surface area contributed by atoms with Crippen molar-refractivity contribution < 1.29 is 9.59 Å². The predicted octanol–water partition coefficient (Wildman–Crippen LogP) is 4.04. The zero-order valence-electron chi connectivity index (χ0n) is 15.5. The molecule has 0 N–H and O–H groups in total. The van der Waals surface area contributed by atoms with Crippen molar-refractivity contribution in [3.8, 4) is 0 Å². The first-order valence-electron chi connectivity index (χ1n) is 8.80. The molecule has 1 aliphatic heterocycles. The lowest BCUT2D eigenvalue weighted by atomic mass is 10.0. The molecule has 2 amide bonds. The van der Waals surface area contributed by atoms with E-state index in [1.165, 1.54) is 5.01 Å². The van der Waals surface area contributed by atoms with E-state index in [0.29, 0.717) is 18.5 Å². The van der Waals surface area contributed by atoms with Crippen molar-refractivity contribution in [3.63, 3.8) is 0 Å². The molecule has 0 spiro atoms. The van der Waals surface area contributed by atoms with Gasteiger partial charge in [0.1, 0.15) is 0 Å². The van der Waals surface area contributed by atoms with Crippen LogP contribution in [0.2, 0.25) is 0 Å². The van der Waals surface area contributed by atoms with Crippen molar-refractivity contribution >= 4 is 17.9 Å². The van der Waals surface area contributed by atoms with E-state index in [1.54, 1.807) is 6.92 Å². The van der Waals surface area contributed by atoms with E-state index in [-0.39, 0.29) is 11.8 Å². The number of hydrazine groups is 1. The second-order valence-corrected chi connectivity index (χ2v) is 7.28. The number of rotatable bonds is 4. The van der Waals surface area contributed by atoms with Gasteiger partial charge in [0.05, 0.1) is 0 Å². The van der Waals surface area contributed by atoms with E-state index in [0.717, 1.165) is 11.1 Å². The molecule has 0 atom stereocenters. The average Bonchev–Trinajstić information content (AvgIpc) is 2.84. The molecule has 4 heteroatoms. The Morgan fingerprint density at radius 2 is 1.62 bits per heavy atom. The van der Waals surface area contributed by atoms with Crippen molar-refractivity contribution in [3.05, 3.63) is 77.4 Å². The van der Waals surface area contributed by atoms with E-state index < -0.39 is 5.54 Å². The summed E-state index contributed by atoms with van der Waals surface area (Å²) in [5.41, 5.74) is 2.15. The van der Waals surface area contributed by atoms with Crippen LogP contribution in [-0.2, 0) is 16.1 Å². The Kier molecular flexibility index (Phi) is 5.05. The fourth-order valence-electron chi connectivity index (χ4n) is 3.23. The molecule has 1 heterocycles. The van der Waals surface area contributed by atoms with Gasteiger partial charge in [-0.15, -0.1) is 0 Å². The molecule has 2 aromatic carbocycles. The number of hydrogen-bond acceptors (Lipinski definition) is 3. The van der Waals surface area contributed by atoms with Gasteiger partial charge in [0, 0.05) is 24.1 Å². The maximum atomic E-state index is 13.0. The van der Waals surface area contributed by atoms with Gasteiger partial charge in [-0.2, -0.15) is 0 Å². The van der Waals surface area contributed by atoms with Crippen LogP contribution >= 0.6 is 0 Å². The average molecular weight is 348 g/mol. The maximum absolute atomic E-state index is 13.0. The molecular formula is C22H24N2O2. The Morgan fingerprint density at radius 1 is 1.04 bits per heavy atom. The lowest BCUT2D eigenvalue weighted by Gasteiger charge is -2.35. The van der Waals surface area contributed by atoms with E-state index >= 15 is 0 Å². The van der Waals surface area contributed by atoms with Gasteiger partial charge < -0.3 is 0 Å². The summed E-state index contributed by atoms with van der Waals surface area (Å²) < 4.78 is 0. The summed E-state index contributed by atoms with van der Waals surface area (Å²) in [5, 5.41) is 3.21. The first-order valence-corrected chi connectivity index (χ1v) is 8.80. The number of amides is 2. The first-order chi connectivity index (χ1) is 12.4. The molecule has 0 aromatic heterocycles. The van der Waals surface area contributed by atoms with Crippen molar-refractivity contribution in [1.82, 2.24) is 10.0 Å². The molecule has 3 rings (SSSR count). The van der Waals surface area contributed by atoms with Gasteiger partial charge in [0.2, 0.25) is 5.91 Å². The Labute approximate surface area is 154 Å². The number of nitrogens with zero attached hydrogens (tertiary/aromatic N) is 2. The summed E-state index contributed by atoms with van der Waals surface area (Å²) in [7, 11) is 0. The van der Waals surface area contributed by atoms with Crippen LogP contribution in [0.25, 0.3) is 6.08 Å². The van der Waals surface area contributed by atoms with Crippen LogP contribution in [-0.4, -0.2) is 27.4 Å². The summed E-state index contributed by atoms with van der Waals surface area (Å²) in [6.07, 6.45) is 2.14. The fourth-order valence-corrected chi connectivity index (χ4v) is 3.23. The summed E-state index contributed by atoms with van der Waals surface area (Å²) in [6.45, 7) is 6.27. The summed E-state index contributed by atoms with van der Waals surface area (Å²) >= 11 is 0. The number of hydrogen-bond donors (Lipinski definition) is 0. The molecule has 0 aliphatic carbocycles. The number of imide groups is 1. The van der Waals surface area contributed by atoms with E-state index in [1.807, 2.05) is 85.6 Å². The molecule has 0 saturated carbocycles. The zero-order chi connectivity index (χ0) is 18.7. The standard InChI is InChI=1S/C22H24N2O2/c1-17(14-18-10-6-4-7-11-18)21(26)24-20(25)15-22(2,3)23(24)16-19-12-8-5-9-13-19/h4-14H,15-16H2,1-3H3/b17-14+. The molecular weight excluding hydrogens is 324 g/mol. The summed E-state index contributed by atoms with van der Waals surface area (Å²) in [4.78, 5) is 25.7. The SMILES string of the molecule is C/C(=C\c1ccccc1)C(=O)N1C(=O)CC(C)(C)N1Cc1ccccc1. The lowest BCUT2D eigenvalue weighted by Crippen LogP contribution is -2.49. The van der Waals surface area contributed by atoms with E-state index in [9.17, 15) is 9.59 Å². The molecule has 1 saturated heterocycles. The van der Waals surface area contributed by atoms with Crippen LogP contribution in [0.4, 0.5) is 0 Å². The highest BCUT2D eigenvalue weighted by atomic mass is 16.2. The number of benzene rings is 2. The normalized spacial score (nSPS) is 17.6. The Balaban J connectivity index is 1.89. The van der Waals surface area contributed by atoms with Crippen LogP contribution in [0.5, 0.6) is 0 Å². The second kappa shape index (κ2) is 7.26. The van der Waals surface area contributed by atoms with Crippen LogP contribution in [0, 0.1) is 0 Å². The second-order valence-electron chi connectivity index (χ2n) is 7.28. The van der Waals surface area contributed by atoms with Gasteiger partial charge in [-0.05, 0) is 38.0 Å². The zero-order valence-corrected chi connectivity index (χ0v) is 15.5. The summed E-state index contributed by atoms with van der Waals surface area (Å²) in [5.74, 6) is -0.419. The molecule has 26 heavy (non-hydrogen) atoms. The van der Waals surface area contributed by atoms with E-state index in [4.69, 9.17) is 0 Å². The predicted molar refractivity (Wildman–Crippen MR) is 103 cm³/mol. The van der Waals surface area contributed by atoms with Gasteiger partial charge in [0.15, 0.2) is 0 Å².